The minimum atomic E-state index is -0.118. The van der Waals surface area contributed by atoms with Crippen LogP contribution < -0.4 is 0 Å². The maximum Gasteiger partial charge on any atom is 0.409 e. The van der Waals surface area contributed by atoms with Crippen LogP contribution in [0.4, 0.5) is 4.79 Å². The van der Waals surface area contributed by atoms with Gasteiger partial charge in [0.25, 0.3) is 0 Å². The Hall–Kier alpha value is -0.730. The fraction of sp³-hybridized carbons (Fsp3) is 0.929. The number of carbonyl (C=O) groups is 1. The van der Waals surface area contributed by atoms with Gasteiger partial charge in [-0.2, -0.15) is 0 Å². The standard InChI is InChI=1S/C14H27NO2/c1-4-5-6-13-7-9-15(10-8-13)14(16)17-11-12(2)3/h12-13H,4-11H2,1-3H3. The molecule has 0 saturated carbocycles. The van der Waals surface area contributed by atoms with E-state index in [0.717, 1.165) is 31.8 Å². The van der Waals surface area contributed by atoms with Crippen molar-refractivity contribution >= 4 is 6.09 Å². The van der Waals surface area contributed by atoms with Crippen molar-refractivity contribution in [3.63, 3.8) is 0 Å². The van der Waals surface area contributed by atoms with Gasteiger partial charge in [-0.15, -0.1) is 0 Å². The maximum absolute atomic E-state index is 11.7. The Bertz CT molecular complexity index is 220. The molecule has 0 aromatic heterocycles. The molecule has 0 spiro atoms. The third kappa shape index (κ3) is 5.42. The second kappa shape index (κ2) is 7.57. The van der Waals surface area contributed by atoms with Gasteiger partial charge in [-0.1, -0.05) is 40.0 Å². The number of piperidine rings is 1. The van der Waals surface area contributed by atoms with Gasteiger partial charge in [0.2, 0.25) is 0 Å². The summed E-state index contributed by atoms with van der Waals surface area (Å²) >= 11 is 0. The van der Waals surface area contributed by atoms with Crippen molar-refractivity contribution in [3.05, 3.63) is 0 Å². The molecule has 0 atom stereocenters. The van der Waals surface area contributed by atoms with Crippen LogP contribution in [-0.2, 0) is 4.74 Å². The van der Waals surface area contributed by atoms with Crippen LogP contribution in [0.5, 0.6) is 0 Å². The van der Waals surface area contributed by atoms with Crippen LogP contribution in [0, 0.1) is 11.8 Å². The summed E-state index contributed by atoms with van der Waals surface area (Å²) in [7, 11) is 0. The van der Waals surface area contributed by atoms with Gasteiger partial charge < -0.3 is 9.64 Å². The highest BCUT2D eigenvalue weighted by Gasteiger charge is 2.23. The van der Waals surface area contributed by atoms with Gasteiger partial charge in [0, 0.05) is 13.1 Å². The van der Waals surface area contributed by atoms with E-state index in [1.54, 1.807) is 0 Å². The molecule has 3 heteroatoms. The smallest absolute Gasteiger partial charge is 0.409 e. The molecule has 3 nitrogen and oxygen atoms in total. The second-order valence-corrected chi connectivity index (χ2v) is 5.54. The predicted molar refractivity (Wildman–Crippen MR) is 70.0 cm³/mol. The molecule has 1 amide bonds. The number of unbranched alkanes of at least 4 members (excludes halogenated alkanes) is 1. The Labute approximate surface area is 106 Å². The average Bonchev–Trinajstić information content (AvgIpc) is 2.34. The minimum absolute atomic E-state index is 0.118. The summed E-state index contributed by atoms with van der Waals surface area (Å²) in [5, 5.41) is 0. The molecule has 0 bridgehead atoms. The molecule has 1 heterocycles. The molecule has 1 aliphatic rings. The molecule has 0 aliphatic carbocycles. The van der Waals surface area contributed by atoms with Crippen LogP contribution in [0.25, 0.3) is 0 Å². The van der Waals surface area contributed by atoms with Crippen molar-refractivity contribution in [1.29, 1.82) is 0 Å². The fourth-order valence-corrected chi connectivity index (χ4v) is 2.23. The Morgan fingerprint density at radius 3 is 2.53 bits per heavy atom. The van der Waals surface area contributed by atoms with Gasteiger partial charge in [0.15, 0.2) is 0 Å². The van der Waals surface area contributed by atoms with Crippen LogP contribution in [-0.4, -0.2) is 30.7 Å². The van der Waals surface area contributed by atoms with Crippen molar-refractivity contribution in [3.8, 4) is 0 Å². The number of amides is 1. The quantitative estimate of drug-likeness (QED) is 0.735. The summed E-state index contributed by atoms with van der Waals surface area (Å²) in [6.07, 6.45) is 6.10. The monoisotopic (exact) mass is 241 g/mol. The summed E-state index contributed by atoms with van der Waals surface area (Å²) in [5.74, 6) is 1.24. The average molecular weight is 241 g/mol. The lowest BCUT2D eigenvalue weighted by Gasteiger charge is -2.31. The number of hydrogen-bond donors (Lipinski definition) is 0. The van der Waals surface area contributed by atoms with Crippen molar-refractivity contribution < 1.29 is 9.53 Å². The summed E-state index contributed by atoms with van der Waals surface area (Å²) in [4.78, 5) is 13.6. The first kappa shape index (κ1) is 14.3. The molecule has 0 radical (unpaired) electrons. The fourth-order valence-electron chi connectivity index (χ4n) is 2.23. The van der Waals surface area contributed by atoms with E-state index in [1.165, 1.54) is 19.3 Å². The zero-order valence-corrected chi connectivity index (χ0v) is 11.6. The summed E-state index contributed by atoms with van der Waals surface area (Å²) in [5.41, 5.74) is 0. The molecule has 1 fully saturated rings. The molecular weight excluding hydrogens is 214 g/mol. The Morgan fingerprint density at radius 1 is 1.35 bits per heavy atom. The van der Waals surface area contributed by atoms with Gasteiger partial charge in [0.05, 0.1) is 6.61 Å². The zero-order valence-electron chi connectivity index (χ0n) is 11.6. The van der Waals surface area contributed by atoms with Crippen LogP contribution in [0.1, 0.15) is 52.9 Å². The molecule has 100 valence electrons. The van der Waals surface area contributed by atoms with Gasteiger partial charge in [-0.25, -0.2) is 4.79 Å². The molecule has 0 aromatic carbocycles. The lowest BCUT2D eigenvalue weighted by molar-refractivity contribution is 0.0781. The Morgan fingerprint density at radius 2 is 2.00 bits per heavy atom. The molecule has 1 aliphatic heterocycles. The first-order chi connectivity index (χ1) is 8.13. The van der Waals surface area contributed by atoms with Crippen LogP contribution in [0.2, 0.25) is 0 Å². The van der Waals surface area contributed by atoms with Crippen molar-refractivity contribution in [1.82, 2.24) is 4.90 Å². The van der Waals surface area contributed by atoms with Gasteiger partial charge >= 0.3 is 6.09 Å². The lowest BCUT2D eigenvalue weighted by atomic mass is 9.92. The minimum Gasteiger partial charge on any atom is -0.449 e. The number of likely N-dealkylation sites (tertiary alicyclic amines) is 1. The summed E-state index contributed by atoms with van der Waals surface area (Å²) in [6, 6.07) is 0. The molecule has 1 saturated heterocycles. The number of ether oxygens (including phenoxy) is 1. The first-order valence-electron chi connectivity index (χ1n) is 7.05. The van der Waals surface area contributed by atoms with Gasteiger partial charge in [0.1, 0.15) is 0 Å². The van der Waals surface area contributed by atoms with Crippen LogP contribution >= 0.6 is 0 Å². The van der Waals surface area contributed by atoms with Gasteiger partial charge in [-0.3, -0.25) is 0 Å². The molecule has 0 aromatic rings. The topological polar surface area (TPSA) is 29.5 Å². The van der Waals surface area contributed by atoms with E-state index in [4.69, 9.17) is 4.74 Å². The largest absolute Gasteiger partial charge is 0.449 e. The summed E-state index contributed by atoms with van der Waals surface area (Å²) < 4.78 is 5.25. The summed E-state index contributed by atoms with van der Waals surface area (Å²) in [6.45, 7) is 8.65. The van der Waals surface area contributed by atoms with Crippen molar-refractivity contribution in [2.45, 2.75) is 52.9 Å². The zero-order chi connectivity index (χ0) is 12.7. The number of hydrogen-bond acceptors (Lipinski definition) is 2. The highest BCUT2D eigenvalue weighted by atomic mass is 16.6. The van der Waals surface area contributed by atoms with E-state index in [1.807, 2.05) is 4.90 Å². The third-order valence-electron chi connectivity index (χ3n) is 3.38. The molecule has 0 N–H and O–H groups in total. The van der Waals surface area contributed by atoms with E-state index < -0.39 is 0 Å². The number of rotatable bonds is 5. The van der Waals surface area contributed by atoms with E-state index >= 15 is 0 Å². The maximum atomic E-state index is 11.7. The first-order valence-corrected chi connectivity index (χ1v) is 7.05. The molecule has 0 unspecified atom stereocenters. The van der Waals surface area contributed by atoms with Crippen molar-refractivity contribution in [2.75, 3.05) is 19.7 Å². The lowest BCUT2D eigenvalue weighted by Crippen LogP contribution is -2.39. The Balaban J connectivity index is 2.19. The van der Waals surface area contributed by atoms with Crippen LogP contribution in [0.3, 0.4) is 0 Å². The normalized spacial score (nSPS) is 17.5. The third-order valence-corrected chi connectivity index (χ3v) is 3.38. The van der Waals surface area contributed by atoms with E-state index in [2.05, 4.69) is 20.8 Å². The Kier molecular flexibility index (Phi) is 6.38. The van der Waals surface area contributed by atoms with E-state index in [-0.39, 0.29) is 6.09 Å². The second-order valence-electron chi connectivity index (χ2n) is 5.54. The molecule has 1 rings (SSSR count). The van der Waals surface area contributed by atoms with E-state index in [0.29, 0.717) is 12.5 Å². The number of nitrogens with zero attached hydrogens (tertiary/aromatic N) is 1. The van der Waals surface area contributed by atoms with Crippen LogP contribution in [0.15, 0.2) is 0 Å². The van der Waals surface area contributed by atoms with Crippen molar-refractivity contribution in [2.24, 2.45) is 11.8 Å². The van der Waals surface area contributed by atoms with Gasteiger partial charge in [-0.05, 0) is 24.7 Å². The van der Waals surface area contributed by atoms with E-state index in [9.17, 15) is 4.79 Å². The predicted octanol–water partition coefficient (Wildman–Crippen LogP) is 3.68. The highest BCUT2D eigenvalue weighted by Crippen LogP contribution is 2.22. The number of carbonyl (C=O) groups excluding carboxylic acids is 1. The highest BCUT2D eigenvalue weighted by molar-refractivity contribution is 5.67. The molecule has 17 heavy (non-hydrogen) atoms. The molecular formula is C14H27NO2. The SMILES string of the molecule is CCCCC1CCN(C(=O)OCC(C)C)CC1.